The van der Waals surface area contributed by atoms with E-state index in [4.69, 9.17) is 9.47 Å². The lowest BCUT2D eigenvalue weighted by Crippen LogP contribution is -2.57. The molecule has 2 aliphatic rings. The Morgan fingerprint density at radius 1 is 1.26 bits per heavy atom. The van der Waals surface area contributed by atoms with Gasteiger partial charge in [-0.15, -0.1) is 0 Å². The Labute approximate surface area is 118 Å². The number of nitrogens with one attached hydrogen (secondary N) is 1. The SMILES string of the molecule is CCOC1(C(NC)C2CCOC2)CCC(C)(C)CC1. The Kier molecular flexibility index (Phi) is 4.91. The first-order chi connectivity index (χ1) is 9.03. The van der Waals surface area contributed by atoms with Crippen LogP contribution in [-0.4, -0.2) is 38.5 Å². The molecule has 3 heteroatoms. The van der Waals surface area contributed by atoms with Crippen molar-refractivity contribution in [1.82, 2.24) is 5.32 Å². The standard InChI is InChI=1S/C16H31NO2/c1-5-19-16(9-7-15(2,3)8-10-16)14(17-4)13-6-11-18-12-13/h13-14,17H,5-12H2,1-4H3. The largest absolute Gasteiger partial charge is 0.381 e. The zero-order chi connectivity index (χ0) is 13.9. The van der Waals surface area contributed by atoms with Crippen LogP contribution in [0.15, 0.2) is 0 Å². The van der Waals surface area contributed by atoms with E-state index >= 15 is 0 Å². The van der Waals surface area contributed by atoms with Gasteiger partial charge in [-0.05, 0) is 51.5 Å². The van der Waals surface area contributed by atoms with Gasteiger partial charge in [-0.3, -0.25) is 0 Å². The van der Waals surface area contributed by atoms with Gasteiger partial charge in [-0.25, -0.2) is 0 Å². The molecule has 2 fully saturated rings. The van der Waals surface area contributed by atoms with E-state index in [2.05, 4.69) is 33.1 Å². The fourth-order valence-corrected chi connectivity index (χ4v) is 3.93. The van der Waals surface area contributed by atoms with Gasteiger partial charge in [-0.2, -0.15) is 0 Å². The first-order valence-corrected chi connectivity index (χ1v) is 7.92. The molecular formula is C16H31NO2. The summed E-state index contributed by atoms with van der Waals surface area (Å²) in [5, 5.41) is 3.56. The fraction of sp³-hybridized carbons (Fsp3) is 1.00. The average Bonchev–Trinajstić information content (AvgIpc) is 2.88. The number of likely N-dealkylation sites (N-methyl/N-ethyl adjacent to an activating group) is 1. The van der Waals surface area contributed by atoms with Gasteiger partial charge in [0.15, 0.2) is 0 Å². The van der Waals surface area contributed by atoms with E-state index in [-0.39, 0.29) is 5.60 Å². The van der Waals surface area contributed by atoms with E-state index in [1.54, 1.807) is 0 Å². The molecule has 1 aliphatic carbocycles. The van der Waals surface area contributed by atoms with Crippen LogP contribution in [0.4, 0.5) is 0 Å². The Bertz CT molecular complexity index is 274. The van der Waals surface area contributed by atoms with Gasteiger partial charge in [-0.1, -0.05) is 13.8 Å². The maximum atomic E-state index is 6.31. The van der Waals surface area contributed by atoms with Crippen LogP contribution in [0.5, 0.6) is 0 Å². The Morgan fingerprint density at radius 3 is 2.42 bits per heavy atom. The Hall–Kier alpha value is -0.120. The van der Waals surface area contributed by atoms with Gasteiger partial charge in [0, 0.05) is 25.2 Å². The van der Waals surface area contributed by atoms with Crippen LogP contribution in [0, 0.1) is 11.3 Å². The van der Waals surface area contributed by atoms with Crippen molar-refractivity contribution in [2.75, 3.05) is 26.9 Å². The van der Waals surface area contributed by atoms with Crippen LogP contribution in [0.3, 0.4) is 0 Å². The molecular weight excluding hydrogens is 238 g/mol. The molecule has 1 heterocycles. The minimum atomic E-state index is 0.0252. The van der Waals surface area contributed by atoms with E-state index in [0.29, 0.717) is 17.4 Å². The predicted octanol–water partition coefficient (Wildman–Crippen LogP) is 2.99. The van der Waals surface area contributed by atoms with Gasteiger partial charge >= 0.3 is 0 Å². The summed E-state index contributed by atoms with van der Waals surface area (Å²) in [5.74, 6) is 0.609. The van der Waals surface area contributed by atoms with Crippen molar-refractivity contribution < 1.29 is 9.47 Å². The molecule has 0 amide bonds. The molecule has 0 bridgehead atoms. The lowest BCUT2D eigenvalue weighted by Gasteiger charge is -2.49. The molecule has 0 radical (unpaired) electrons. The maximum Gasteiger partial charge on any atom is 0.0838 e. The normalized spacial score (nSPS) is 31.3. The number of hydrogen-bond acceptors (Lipinski definition) is 3. The third-order valence-electron chi connectivity index (χ3n) is 5.20. The third-order valence-corrected chi connectivity index (χ3v) is 5.20. The number of ether oxygens (including phenoxy) is 2. The summed E-state index contributed by atoms with van der Waals surface area (Å²) in [6.07, 6.45) is 6.05. The highest BCUT2D eigenvalue weighted by Gasteiger charge is 2.47. The number of hydrogen-bond donors (Lipinski definition) is 1. The molecule has 0 aromatic carbocycles. The molecule has 1 aliphatic heterocycles. The van der Waals surface area contributed by atoms with Crippen LogP contribution >= 0.6 is 0 Å². The molecule has 112 valence electrons. The van der Waals surface area contributed by atoms with Crippen molar-refractivity contribution in [2.45, 2.75) is 64.5 Å². The van der Waals surface area contributed by atoms with Gasteiger partial charge in [0.25, 0.3) is 0 Å². The lowest BCUT2D eigenvalue weighted by atomic mass is 9.66. The minimum absolute atomic E-state index is 0.0252. The monoisotopic (exact) mass is 269 g/mol. The first kappa shape index (κ1) is 15.3. The van der Waals surface area contributed by atoms with E-state index in [1.165, 1.54) is 32.1 Å². The molecule has 19 heavy (non-hydrogen) atoms. The van der Waals surface area contributed by atoms with Crippen molar-refractivity contribution in [3.05, 3.63) is 0 Å². The summed E-state index contributed by atoms with van der Waals surface area (Å²) in [6, 6.07) is 0.436. The number of rotatable bonds is 5. The summed E-state index contributed by atoms with van der Waals surface area (Å²) < 4.78 is 11.9. The van der Waals surface area contributed by atoms with Crippen LogP contribution < -0.4 is 5.32 Å². The maximum absolute atomic E-state index is 6.31. The second kappa shape index (κ2) is 6.11. The van der Waals surface area contributed by atoms with Gasteiger partial charge in [0.05, 0.1) is 12.2 Å². The van der Waals surface area contributed by atoms with Crippen LogP contribution in [-0.2, 0) is 9.47 Å². The lowest BCUT2D eigenvalue weighted by molar-refractivity contribution is -0.116. The average molecular weight is 269 g/mol. The quantitative estimate of drug-likeness (QED) is 0.832. The molecule has 2 atom stereocenters. The van der Waals surface area contributed by atoms with Crippen molar-refractivity contribution in [1.29, 1.82) is 0 Å². The van der Waals surface area contributed by atoms with Crippen molar-refractivity contribution in [3.63, 3.8) is 0 Å². The summed E-state index contributed by atoms with van der Waals surface area (Å²) in [6.45, 7) is 9.51. The molecule has 1 saturated heterocycles. The first-order valence-electron chi connectivity index (χ1n) is 7.92. The van der Waals surface area contributed by atoms with Crippen LogP contribution in [0.2, 0.25) is 0 Å². The van der Waals surface area contributed by atoms with E-state index in [1.807, 2.05) is 0 Å². The highest BCUT2D eigenvalue weighted by atomic mass is 16.5. The molecule has 1 N–H and O–H groups in total. The molecule has 1 saturated carbocycles. The van der Waals surface area contributed by atoms with Gasteiger partial charge in [0.1, 0.15) is 0 Å². The second-order valence-corrected chi connectivity index (χ2v) is 7.05. The molecule has 0 spiro atoms. The second-order valence-electron chi connectivity index (χ2n) is 7.05. The summed E-state index contributed by atoms with van der Waals surface area (Å²) in [4.78, 5) is 0. The molecule has 2 unspecified atom stereocenters. The molecule has 2 rings (SSSR count). The predicted molar refractivity (Wildman–Crippen MR) is 78.4 cm³/mol. The zero-order valence-electron chi connectivity index (χ0n) is 13.1. The van der Waals surface area contributed by atoms with Crippen molar-refractivity contribution >= 4 is 0 Å². The van der Waals surface area contributed by atoms with E-state index < -0.39 is 0 Å². The Balaban J connectivity index is 2.12. The van der Waals surface area contributed by atoms with Crippen LogP contribution in [0.1, 0.15) is 52.9 Å². The van der Waals surface area contributed by atoms with Gasteiger partial charge in [0.2, 0.25) is 0 Å². The minimum Gasteiger partial charge on any atom is -0.381 e. The van der Waals surface area contributed by atoms with Crippen LogP contribution in [0.25, 0.3) is 0 Å². The third kappa shape index (κ3) is 3.32. The topological polar surface area (TPSA) is 30.5 Å². The smallest absolute Gasteiger partial charge is 0.0838 e. The van der Waals surface area contributed by atoms with Gasteiger partial charge < -0.3 is 14.8 Å². The molecule has 0 aromatic heterocycles. The highest BCUT2D eigenvalue weighted by Crippen LogP contribution is 2.45. The fourth-order valence-electron chi connectivity index (χ4n) is 3.93. The summed E-state index contributed by atoms with van der Waals surface area (Å²) in [7, 11) is 2.09. The summed E-state index contributed by atoms with van der Waals surface area (Å²) in [5.41, 5.74) is 0.502. The Morgan fingerprint density at radius 2 is 1.95 bits per heavy atom. The summed E-state index contributed by atoms with van der Waals surface area (Å²) >= 11 is 0. The van der Waals surface area contributed by atoms with Crippen molar-refractivity contribution in [2.24, 2.45) is 11.3 Å². The highest BCUT2D eigenvalue weighted by molar-refractivity contribution is 5.01. The van der Waals surface area contributed by atoms with E-state index in [9.17, 15) is 0 Å². The zero-order valence-corrected chi connectivity index (χ0v) is 13.1. The van der Waals surface area contributed by atoms with E-state index in [0.717, 1.165) is 19.8 Å². The van der Waals surface area contributed by atoms with Crippen molar-refractivity contribution in [3.8, 4) is 0 Å². The molecule has 3 nitrogen and oxygen atoms in total. The molecule has 0 aromatic rings.